The third-order valence-electron chi connectivity index (χ3n) is 3.85. The molecule has 91 valence electrons. The maximum atomic E-state index is 3.27. The SMILES string of the molecule is Cc1ccc(-c2cccc3c2-c2c#cccc2[B]3)cc1. The molecular weight excluding hydrogens is 239 g/mol. The van der Waals surface area contributed by atoms with Crippen LogP contribution in [-0.2, 0) is 0 Å². The van der Waals surface area contributed by atoms with Crippen LogP contribution in [0.1, 0.15) is 5.56 Å². The number of hydrogen-bond acceptors (Lipinski definition) is 0. The Kier molecular flexibility index (Phi) is 2.44. The molecule has 0 spiro atoms. The molecule has 1 heterocycles. The van der Waals surface area contributed by atoms with Crippen molar-refractivity contribution in [1.29, 1.82) is 0 Å². The summed E-state index contributed by atoms with van der Waals surface area (Å²) in [6.07, 6.45) is 0. The van der Waals surface area contributed by atoms with E-state index in [1.807, 2.05) is 6.07 Å². The highest BCUT2D eigenvalue weighted by Gasteiger charge is 2.22. The summed E-state index contributed by atoms with van der Waals surface area (Å²) >= 11 is 0. The van der Waals surface area contributed by atoms with E-state index in [0.29, 0.717) is 0 Å². The monoisotopic (exact) mass is 251 g/mol. The van der Waals surface area contributed by atoms with Gasteiger partial charge in [-0.3, -0.25) is 0 Å². The van der Waals surface area contributed by atoms with Crippen LogP contribution in [0.15, 0.2) is 54.6 Å². The zero-order chi connectivity index (χ0) is 13.5. The molecule has 3 aromatic carbocycles. The summed E-state index contributed by atoms with van der Waals surface area (Å²) in [6, 6.07) is 25.6. The van der Waals surface area contributed by atoms with Crippen LogP contribution in [0.4, 0.5) is 0 Å². The van der Waals surface area contributed by atoms with Crippen LogP contribution in [0, 0.1) is 19.1 Å². The van der Waals surface area contributed by atoms with Gasteiger partial charge in [0.25, 0.3) is 0 Å². The van der Waals surface area contributed by atoms with Crippen LogP contribution in [0.25, 0.3) is 22.3 Å². The van der Waals surface area contributed by atoms with Crippen molar-refractivity contribution in [3.8, 4) is 22.3 Å². The molecule has 0 aromatic heterocycles. The summed E-state index contributed by atoms with van der Waals surface area (Å²) in [4.78, 5) is 0. The van der Waals surface area contributed by atoms with Gasteiger partial charge in [0.15, 0.2) is 7.28 Å². The standard InChI is InChI=1S/C19H12B/c1-13-9-11-14(12-10-13)15-6-4-8-18-19(15)16-5-2-3-7-17(16)20-18/h3-4,6-12H,1H3. The lowest BCUT2D eigenvalue weighted by atomic mass is 9.68. The fraction of sp³-hybridized carbons (Fsp3) is 0.0526. The molecule has 3 aromatic rings. The number of hydrogen-bond donors (Lipinski definition) is 0. The molecule has 4 rings (SSSR count). The van der Waals surface area contributed by atoms with E-state index in [1.165, 1.54) is 38.7 Å². The number of benzene rings is 2. The Balaban J connectivity index is 1.97. The molecule has 1 aliphatic heterocycles. The Morgan fingerprint density at radius 1 is 0.900 bits per heavy atom. The lowest BCUT2D eigenvalue weighted by molar-refractivity contribution is 1.47. The Morgan fingerprint density at radius 3 is 2.60 bits per heavy atom. The van der Waals surface area contributed by atoms with E-state index >= 15 is 0 Å². The van der Waals surface area contributed by atoms with Gasteiger partial charge in [-0.2, -0.15) is 0 Å². The van der Waals surface area contributed by atoms with E-state index in [0.717, 1.165) is 0 Å². The third kappa shape index (κ3) is 1.66. The van der Waals surface area contributed by atoms with Crippen LogP contribution in [0.2, 0.25) is 0 Å². The summed E-state index contributed by atoms with van der Waals surface area (Å²) in [5.74, 6) is 0. The minimum absolute atomic E-state index is 1.17. The maximum Gasteiger partial charge on any atom is 0.194 e. The first-order chi connectivity index (χ1) is 9.83. The molecule has 0 aliphatic carbocycles. The van der Waals surface area contributed by atoms with Gasteiger partial charge in [0.2, 0.25) is 0 Å². The summed E-state index contributed by atoms with van der Waals surface area (Å²) < 4.78 is 0. The van der Waals surface area contributed by atoms with E-state index in [4.69, 9.17) is 0 Å². The molecule has 0 nitrogen and oxygen atoms in total. The van der Waals surface area contributed by atoms with E-state index in [-0.39, 0.29) is 0 Å². The average Bonchev–Trinajstić information content (AvgIpc) is 2.86. The van der Waals surface area contributed by atoms with Crippen LogP contribution in [0.5, 0.6) is 0 Å². The molecular formula is C19H12B. The molecule has 20 heavy (non-hydrogen) atoms. The van der Waals surface area contributed by atoms with Gasteiger partial charge in [-0.15, -0.1) is 0 Å². The lowest BCUT2D eigenvalue weighted by Gasteiger charge is -2.09. The Labute approximate surface area is 120 Å². The van der Waals surface area contributed by atoms with Gasteiger partial charge in [-0.05, 0) is 29.7 Å². The van der Waals surface area contributed by atoms with E-state index in [9.17, 15) is 0 Å². The molecule has 0 saturated carbocycles. The van der Waals surface area contributed by atoms with Crippen molar-refractivity contribution in [3.63, 3.8) is 0 Å². The second kappa shape index (κ2) is 4.29. The summed E-state index contributed by atoms with van der Waals surface area (Å²) in [5, 5.41) is 0. The zero-order valence-corrected chi connectivity index (χ0v) is 11.3. The highest BCUT2D eigenvalue weighted by atomic mass is 14.2. The molecule has 0 bridgehead atoms. The van der Waals surface area contributed by atoms with E-state index in [2.05, 4.69) is 74.9 Å². The smallest absolute Gasteiger partial charge is 0.0724 e. The number of fused-ring (bicyclic) bond motifs is 3. The second-order valence-electron chi connectivity index (χ2n) is 5.21. The highest BCUT2D eigenvalue weighted by Crippen LogP contribution is 2.31. The Hall–Kier alpha value is -2.46. The molecule has 0 atom stereocenters. The van der Waals surface area contributed by atoms with Gasteiger partial charge in [-0.25, -0.2) is 0 Å². The molecule has 0 unspecified atom stereocenters. The van der Waals surface area contributed by atoms with Gasteiger partial charge in [0.1, 0.15) is 0 Å². The first-order valence-corrected chi connectivity index (χ1v) is 6.80. The van der Waals surface area contributed by atoms with Gasteiger partial charge >= 0.3 is 0 Å². The Morgan fingerprint density at radius 2 is 1.75 bits per heavy atom. The average molecular weight is 251 g/mol. The van der Waals surface area contributed by atoms with Crippen molar-refractivity contribution in [3.05, 3.63) is 72.3 Å². The van der Waals surface area contributed by atoms with Crippen LogP contribution in [-0.4, -0.2) is 7.28 Å². The van der Waals surface area contributed by atoms with E-state index < -0.39 is 0 Å². The predicted molar refractivity (Wildman–Crippen MR) is 84.7 cm³/mol. The fourth-order valence-corrected chi connectivity index (χ4v) is 2.84. The quantitative estimate of drug-likeness (QED) is 0.456. The minimum Gasteiger partial charge on any atom is -0.0724 e. The fourth-order valence-electron chi connectivity index (χ4n) is 2.84. The molecule has 0 fully saturated rings. The van der Waals surface area contributed by atoms with Gasteiger partial charge in [-0.1, -0.05) is 77.2 Å². The third-order valence-corrected chi connectivity index (χ3v) is 3.85. The molecule has 1 radical (unpaired) electrons. The van der Waals surface area contributed by atoms with Crippen molar-refractivity contribution in [2.45, 2.75) is 6.92 Å². The normalized spacial score (nSPS) is 11.2. The van der Waals surface area contributed by atoms with Crippen LogP contribution < -0.4 is 10.9 Å². The van der Waals surface area contributed by atoms with Gasteiger partial charge in [0, 0.05) is 5.56 Å². The van der Waals surface area contributed by atoms with Crippen molar-refractivity contribution in [1.82, 2.24) is 0 Å². The van der Waals surface area contributed by atoms with Crippen molar-refractivity contribution >= 4 is 18.2 Å². The first-order valence-electron chi connectivity index (χ1n) is 6.80. The summed E-state index contributed by atoms with van der Waals surface area (Å²) in [6.45, 7) is 2.12. The van der Waals surface area contributed by atoms with Crippen molar-refractivity contribution < 1.29 is 0 Å². The molecule has 0 amide bonds. The minimum atomic E-state index is 1.17. The maximum absolute atomic E-state index is 3.27. The Bertz CT molecular complexity index is 785. The van der Waals surface area contributed by atoms with Gasteiger partial charge in [0.05, 0.1) is 0 Å². The largest absolute Gasteiger partial charge is 0.194 e. The highest BCUT2D eigenvalue weighted by molar-refractivity contribution is 6.73. The lowest BCUT2D eigenvalue weighted by Crippen LogP contribution is -2.20. The zero-order valence-electron chi connectivity index (χ0n) is 11.3. The first kappa shape index (κ1) is 11.4. The molecule has 1 heteroatoms. The van der Waals surface area contributed by atoms with Crippen molar-refractivity contribution in [2.75, 3.05) is 0 Å². The molecule has 0 saturated heterocycles. The van der Waals surface area contributed by atoms with Crippen LogP contribution >= 0.6 is 0 Å². The van der Waals surface area contributed by atoms with Crippen molar-refractivity contribution in [2.24, 2.45) is 0 Å². The predicted octanol–water partition coefficient (Wildman–Crippen LogP) is 2.90. The number of rotatable bonds is 1. The summed E-state index contributed by atoms with van der Waals surface area (Å²) in [5.41, 5.74) is 8.77. The van der Waals surface area contributed by atoms with Gasteiger partial charge < -0.3 is 0 Å². The number of aryl methyl sites for hydroxylation is 1. The summed E-state index contributed by atoms with van der Waals surface area (Å²) in [7, 11) is 2.23. The van der Waals surface area contributed by atoms with Crippen LogP contribution in [0.3, 0.4) is 0 Å². The second-order valence-corrected chi connectivity index (χ2v) is 5.21. The van der Waals surface area contributed by atoms with E-state index in [1.54, 1.807) is 0 Å². The molecule has 1 aliphatic rings. The molecule has 0 N–H and O–H groups in total. The topological polar surface area (TPSA) is 0 Å².